The van der Waals surface area contributed by atoms with Crippen molar-refractivity contribution in [2.24, 2.45) is 5.41 Å². The molecule has 3 N–H and O–H groups in total. The van der Waals surface area contributed by atoms with Crippen molar-refractivity contribution in [3.8, 4) is 5.75 Å². The summed E-state index contributed by atoms with van der Waals surface area (Å²) < 4.78 is 13.2. The SMILES string of the molecule is CC(C)(/C=C/C(=O)O)[C@@H](O)c1ccc(O)c(F)c1. The number of hydrogen-bond donors (Lipinski definition) is 3. The van der Waals surface area contributed by atoms with Crippen molar-refractivity contribution >= 4 is 5.97 Å². The topological polar surface area (TPSA) is 77.8 Å². The Balaban J connectivity index is 3.01. The van der Waals surface area contributed by atoms with Gasteiger partial charge in [-0.1, -0.05) is 26.0 Å². The average molecular weight is 254 g/mol. The number of aliphatic hydroxyl groups is 1. The number of halogens is 1. The molecule has 18 heavy (non-hydrogen) atoms. The summed E-state index contributed by atoms with van der Waals surface area (Å²) in [5, 5.41) is 27.7. The first-order chi connectivity index (χ1) is 8.24. The summed E-state index contributed by atoms with van der Waals surface area (Å²) in [6.07, 6.45) is 1.19. The van der Waals surface area contributed by atoms with Crippen molar-refractivity contribution < 1.29 is 24.5 Å². The highest BCUT2D eigenvalue weighted by atomic mass is 19.1. The number of carboxylic acids is 1. The van der Waals surface area contributed by atoms with Crippen molar-refractivity contribution in [2.45, 2.75) is 20.0 Å². The van der Waals surface area contributed by atoms with E-state index in [2.05, 4.69) is 0 Å². The van der Waals surface area contributed by atoms with E-state index in [1.165, 1.54) is 12.1 Å². The second-order valence-electron chi connectivity index (χ2n) is 4.61. The van der Waals surface area contributed by atoms with E-state index in [4.69, 9.17) is 10.2 Å². The zero-order valence-electron chi connectivity index (χ0n) is 10.1. The number of benzene rings is 1. The molecular weight excluding hydrogens is 239 g/mol. The summed E-state index contributed by atoms with van der Waals surface area (Å²) in [6, 6.07) is 3.56. The van der Waals surface area contributed by atoms with Crippen molar-refractivity contribution in [1.82, 2.24) is 0 Å². The van der Waals surface area contributed by atoms with Gasteiger partial charge in [0.25, 0.3) is 0 Å². The van der Waals surface area contributed by atoms with Crippen LogP contribution in [0.15, 0.2) is 30.4 Å². The smallest absolute Gasteiger partial charge is 0.327 e. The lowest BCUT2D eigenvalue weighted by atomic mass is 9.82. The van der Waals surface area contributed by atoms with Crippen LogP contribution in [0.5, 0.6) is 5.75 Å². The Morgan fingerprint density at radius 2 is 2.06 bits per heavy atom. The predicted octanol–water partition coefficient (Wildman–Crippen LogP) is 2.23. The molecule has 0 aliphatic rings. The molecular formula is C13H15FO4. The molecule has 98 valence electrons. The Morgan fingerprint density at radius 1 is 1.44 bits per heavy atom. The normalized spacial score (nSPS) is 13.8. The maximum atomic E-state index is 13.2. The Hall–Kier alpha value is -1.88. The third-order valence-electron chi connectivity index (χ3n) is 2.65. The highest BCUT2D eigenvalue weighted by Crippen LogP contribution is 2.35. The second-order valence-corrected chi connectivity index (χ2v) is 4.61. The molecule has 4 nitrogen and oxygen atoms in total. The number of carboxylic acid groups (broad SMARTS) is 1. The highest BCUT2D eigenvalue weighted by Gasteiger charge is 2.27. The fraction of sp³-hybridized carbons (Fsp3) is 0.308. The molecule has 0 saturated heterocycles. The van der Waals surface area contributed by atoms with Crippen molar-refractivity contribution in [3.63, 3.8) is 0 Å². The third-order valence-corrected chi connectivity index (χ3v) is 2.65. The first kappa shape index (κ1) is 14.2. The van der Waals surface area contributed by atoms with Crippen molar-refractivity contribution in [2.75, 3.05) is 0 Å². The Morgan fingerprint density at radius 3 is 2.56 bits per heavy atom. The molecule has 0 fully saturated rings. The number of rotatable bonds is 4. The van der Waals surface area contributed by atoms with Gasteiger partial charge < -0.3 is 15.3 Å². The third kappa shape index (κ3) is 3.30. The Labute approximate surface area is 104 Å². The number of phenolic OH excluding ortho intramolecular Hbond substituents is 1. The molecule has 0 saturated carbocycles. The van der Waals surface area contributed by atoms with Crippen LogP contribution >= 0.6 is 0 Å². The lowest BCUT2D eigenvalue weighted by Gasteiger charge is -2.27. The van der Waals surface area contributed by atoms with Crippen LogP contribution in [0.1, 0.15) is 25.5 Å². The van der Waals surface area contributed by atoms with E-state index < -0.39 is 29.1 Å². The van der Waals surface area contributed by atoms with Crippen LogP contribution in [-0.2, 0) is 4.79 Å². The van der Waals surface area contributed by atoms with Crippen LogP contribution in [-0.4, -0.2) is 21.3 Å². The number of aliphatic carboxylic acids is 1. The zero-order chi connectivity index (χ0) is 13.9. The van der Waals surface area contributed by atoms with Crippen LogP contribution in [0.25, 0.3) is 0 Å². The van der Waals surface area contributed by atoms with E-state index in [0.29, 0.717) is 0 Å². The van der Waals surface area contributed by atoms with E-state index in [9.17, 15) is 14.3 Å². The predicted molar refractivity (Wildman–Crippen MR) is 63.6 cm³/mol. The molecule has 0 aliphatic carbocycles. The Bertz CT molecular complexity index is 480. The minimum Gasteiger partial charge on any atom is -0.505 e. The maximum Gasteiger partial charge on any atom is 0.327 e. The number of phenols is 1. The van der Waals surface area contributed by atoms with E-state index >= 15 is 0 Å². The van der Waals surface area contributed by atoms with E-state index in [1.807, 2.05) is 0 Å². The van der Waals surface area contributed by atoms with Crippen molar-refractivity contribution in [3.05, 3.63) is 41.7 Å². The zero-order valence-corrected chi connectivity index (χ0v) is 10.1. The first-order valence-electron chi connectivity index (χ1n) is 5.32. The van der Waals surface area contributed by atoms with Gasteiger partial charge in [0.05, 0.1) is 6.10 Å². The first-order valence-corrected chi connectivity index (χ1v) is 5.32. The molecule has 0 unspecified atom stereocenters. The summed E-state index contributed by atoms with van der Waals surface area (Å²) in [4.78, 5) is 10.4. The van der Waals surface area contributed by atoms with Gasteiger partial charge in [-0.15, -0.1) is 0 Å². The van der Waals surface area contributed by atoms with Gasteiger partial charge in [-0.25, -0.2) is 9.18 Å². The average Bonchev–Trinajstić information content (AvgIpc) is 2.29. The largest absolute Gasteiger partial charge is 0.505 e. The second kappa shape index (κ2) is 5.18. The van der Waals surface area contributed by atoms with Gasteiger partial charge in [0.15, 0.2) is 11.6 Å². The number of carbonyl (C=O) groups is 1. The standard InChI is InChI=1S/C13H15FO4/c1-13(2,6-5-11(16)17)12(18)8-3-4-10(15)9(14)7-8/h3-7,12,15,18H,1-2H3,(H,16,17)/b6-5+/t12-/m0/s1. The van der Waals surface area contributed by atoms with Gasteiger partial charge >= 0.3 is 5.97 Å². The monoisotopic (exact) mass is 254 g/mol. The van der Waals surface area contributed by atoms with Crippen molar-refractivity contribution in [1.29, 1.82) is 0 Å². The number of aromatic hydroxyl groups is 1. The summed E-state index contributed by atoms with van der Waals surface area (Å²) in [5.74, 6) is -2.44. The number of aliphatic hydroxyl groups excluding tert-OH is 1. The van der Waals surface area contributed by atoms with Crippen LogP contribution in [0.4, 0.5) is 4.39 Å². The van der Waals surface area contributed by atoms with E-state index in [0.717, 1.165) is 18.2 Å². The minimum absolute atomic E-state index is 0.269. The molecule has 0 radical (unpaired) electrons. The molecule has 0 aromatic heterocycles. The van der Waals surface area contributed by atoms with Gasteiger partial charge in [0, 0.05) is 11.5 Å². The van der Waals surface area contributed by atoms with Crippen LogP contribution in [0.3, 0.4) is 0 Å². The summed E-state index contributed by atoms with van der Waals surface area (Å²) in [5.41, 5.74) is -0.604. The fourth-order valence-electron chi connectivity index (χ4n) is 1.50. The van der Waals surface area contributed by atoms with Crippen LogP contribution < -0.4 is 0 Å². The molecule has 0 aliphatic heterocycles. The molecule has 0 bridgehead atoms. The number of hydrogen-bond acceptors (Lipinski definition) is 3. The minimum atomic E-state index is -1.12. The summed E-state index contributed by atoms with van der Waals surface area (Å²) in [7, 11) is 0. The van der Waals surface area contributed by atoms with E-state index in [-0.39, 0.29) is 5.56 Å². The molecule has 5 heteroatoms. The van der Waals surface area contributed by atoms with Gasteiger partial charge in [-0.05, 0) is 17.7 Å². The van der Waals surface area contributed by atoms with Gasteiger partial charge in [0.2, 0.25) is 0 Å². The summed E-state index contributed by atoms with van der Waals surface area (Å²) in [6.45, 7) is 3.25. The Kier molecular flexibility index (Phi) is 4.08. The molecule has 1 atom stereocenters. The molecule has 0 heterocycles. The lowest BCUT2D eigenvalue weighted by Crippen LogP contribution is -2.20. The van der Waals surface area contributed by atoms with Gasteiger partial charge in [-0.3, -0.25) is 0 Å². The quantitative estimate of drug-likeness (QED) is 0.720. The molecule has 1 aromatic rings. The molecule has 0 amide bonds. The van der Waals surface area contributed by atoms with Crippen LogP contribution in [0.2, 0.25) is 0 Å². The molecule has 1 aromatic carbocycles. The van der Waals surface area contributed by atoms with E-state index in [1.54, 1.807) is 13.8 Å². The van der Waals surface area contributed by atoms with Crippen LogP contribution in [0, 0.1) is 11.2 Å². The van der Waals surface area contributed by atoms with Gasteiger partial charge in [-0.2, -0.15) is 0 Å². The fourth-order valence-corrected chi connectivity index (χ4v) is 1.50. The van der Waals surface area contributed by atoms with Gasteiger partial charge in [0.1, 0.15) is 0 Å². The highest BCUT2D eigenvalue weighted by molar-refractivity contribution is 5.79. The maximum absolute atomic E-state index is 13.2. The summed E-state index contributed by atoms with van der Waals surface area (Å²) >= 11 is 0. The molecule has 0 spiro atoms. The molecule has 1 rings (SSSR count). The lowest BCUT2D eigenvalue weighted by molar-refractivity contribution is -0.131.